The molecule has 2 N–H and O–H groups in total. The van der Waals surface area contributed by atoms with E-state index in [1.54, 1.807) is 0 Å². The van der Waals surface area contributed by atoms with Crippen molar-refractivity contribution >= 4 is 28.2 Å². The summed E-state index contributed by atoms with van der Waals surface area (Å²) in [6.45, 7) is -2.97. The average Bonchev–Trinajstić information content (AvgIpc) is 2.51. The minimum Gasteiger partial charge on any atom is -0.398 e. The van der Waals surface area contributed by atoms with Crippen LogP contribution in [0.25, 0.3) is 10.9 Å². The van der Waals surface area contributed by atoms with Gasteiger partial charge in [0.1, 0.15) is 11.6 Å². The third-order valence-corrected chi connectivity index (χ3v) is 3.30. The number of carbonyl (C=O) groups is 2. The van der Waals surface area contributed by atoms with Crippen LogP contribution in [0.3, 0.4) is 0 Å². The Morgan fingerprint density at radius 2 is 2.29 bits per heavy atom. The van der Waals surface area contributed by atoms with Gasteiger partial charge in [-0.2, -0.15) is 0 Å². The number of rotatable bonds is 1. The summed E-state index contributed by atoms with van der Waals surface area (Å²) in [6, 6.07) is 1.58. The van der Waals surface area contributed by atoms with Crippen molar-refractivity contribution in [2.24, 2.45) is 0 Å². The van der Waals surface area contributed by atoms with E-state index in [9.17, 15) is 14.4 Å². The molecule has 1 aliphatic rings. The Kier molecular flexibility index (Phi) is 1.84. The van der Waals surface area contributed by atoms with Crippen LogP contribution in [0.4, 0.5) is 5.69 Å². The largest absolute Gasteiger partial charge is 0.398 e. The summed E-state index contributed by atoms with van der Waals surface area (Å²) in [5, 5.41) is -0.178. The molecule has 0 amide bonds. The molecule has 1 fully saturated rings. The number of anilines is 1. The SMILES string of the molecule is [2H]C1([2H])CC([2H])(n2c(C([2H])([2H])[2H])nc3cccc(N)c3c2=O)C(=O)CC1=O. The number of benzene rings is 1. The number of fused-ring (bicyclic) bond motifs is 1. The van der Waals surface area contributed by atoms with Crippen LogP contribution in [0.2, 0.25) is 0 Å². The van der Waals surface area contributed by atoms with Crippen LogP contribution in [0.1, 0.15) is 39.3 Å². The first kappa shape index (κ1) is 8.07. The number of hydrogen-bond acceptors (Lipinski definition) is 5. The lowest BCUT2D eigenvalue weighted by Crippen LogP contribution is -2.36. The fourth-order valence-electron chi connectivity index (χ4n) is 2.30. The highest BCUT2D eigenvalue weighted by atomic mass is 16.2. The van der Waals surface area contributed by atoms with Crippen LogP contribution in [0.15, 0.2) is 23.0 Å². The molecule has 1 saturated carbocycles. The van der Waals surface area contributed by atoms with Crippen molar-refractivity contribution in [1.82, 2.24) is 9.55 Å². The lowest BCUT2D eigenvalue weighted by Gasteiger charge is -2.24. The van der Waals surface area contributed by atoms with Gasteiger partial charge in [0.15, 0.2) is 5.78 Å². The molecule has 3 rings (SSSR count). The van der Waals surface area contributed by atoms with Crippen LogP contribution >= 0.6 is 0 Å². The van der Waals surface area contributed by atoms with E-state index in [-0.39, 0.29) is 16.6 Å². The smallest absolute Gasteiger partial charge is 0.264 e. The van der Waals surface area contributed by atoms with Crippen molar-refractivity contribution in [3.05, 3.63) is 34.4 Å². The Morgan fingerprint density at radius 1 is 1.48 bits per heavy atom. The van der Waals surface area contributed by atoms with E-state index < -0.39 is 55.0 Å². The van der Waals surface area contributed by atoms with Crippen LogP contribution in [0.5, 0.6) is 0 Å². The zero-order valence-electron chi connectivity index (χ0n) is 16.8. The highest BCUT2D eigenvalue weighted by Gasteiger charge is 2.30. The summed E-state index contributed by atoms with van der Waals surface area (Å²) < 4.78 is 47.4. The number of aromatic nitrogens is 2. The molecule has 2 aromatic rings. The van der Waals surface area contributed by atoms with Gasteiger partial charge in [-0.15, -0.1) is 0 Å². The summed E-state index contributed by atoms with van der Waals surface area (Å²) in [6.07, 6.45) is -4.50. The van der Waals surface area contributed by atoms with Gasteiger partial charge < -0.3 is 5.73 Å². The number of ketones is 2. The van der Waals surface area contributed by atoms with Crippen molar-refractivity contribution < 1.29 is 17.8 Å². The van der Waals surface area contributed by atoms with Crippen LogP contribution in [0, 0.1) is 6.85 Å². The predicted octanol–water partition coefficient (Wildman–Crippen LogP) is 1.15. The van der Waals surface area contributed by atoms with Crippen molar-refractivity contribution in [1.29, 1.82) is 0 Å². The zero-order chi connectivity index (χ0) is 20.4. The van der Waals surface area contributed by atoms with Gasteiger partial charge in [0, 0.05) is 18.9 Å². The number of nitrogens with two attached hydrogens (primary N) is 1. The standard InChI is InChI=1S/C15H15N3O3/c1-8-17-11-4-2-3-10(16)14(11)15(21)18(8)12-6-5-9(19)7-13(12)20/h2-4,12H,5-7,16H2,1H3/i1D3,5D2,12D. The van der Waals surface area contributed by atoms with E-state index in [0.29, 0.717) is 4.57 Å². The summed E-state index contributed by atoms with van der Waals surface area (Å²) in [4.78, 5) is 41.3. The highest BCUT2D eigenvalue weighted by molar-refractivity contribution is 6.03. The minimum atomic E-state index is -2.97. The van der Waals surface area contributed by atoms with Crippen molar-refractivity contribution in [2.75, 3.05) is 5.73 Å². The Hall–Kier alpha value is -2.50. The fraction of sp³-hybridized carbons (Fsp3) is 0.333. The number of Topliss-reactive ketones (excluding diaryl/α,β-unsaturated/α-hetero) is 2. The topological polar surface area (TPSA) is 95.1 Å². The van der Waals surface area contributed by atoms with Crippen LogP contribution in [-0.4, -0.2) is 21.1 Å². The molecule has 1 unspecified atom stereocenters. The number of hydrogen-bond donors (Lipinski definition) is 1. The monoisotopic (exact) mass is 291 g/mol. The van der Waals surface area contributed by atoms with Crippen LogP contribution < -0.4 is 11.3 Å². The lowest BCUT2D eigenvalue weighted by molar-refractivity contribution is -0.132. The normalized spacial score (nSPS) is 29.9. The molecule has 0 aliphatic heterocycles. The molecule has 21 heavy (non-hydrogen) atoms. The Labute approximate surface area is 129 Å². The quantitative estimate of drug-likeness (QED) is 0.628. The first-order valence-electron chi connectivity index (χ1n) is 9.18. The van der Waals surface area contributed by atoms with Gasteiger partial charge in [-0.05, 0) is 25.4 Å². The van der Waals surface area contributed by atoms with E-state index in [0.717, 1.165) is 0 Å². The van der Waals surface area contributed by atoms with E-state index >= 15 is 0 Å². The van der Waals surface area contributed by atoms with Crippen LogP contribution in [-0.2, 0) is 9.59 Å². The summed E-state index contributed by atoms with van der Waals surface area (Å²) >= 11 is 0. The molecule has 1 aliphatic carbocycles. The fourth-order valence-corrected chi connectivity index (χ4v) is 2.30. The molecule has 1 aromatic carbocycles. The third-order valence-electron chi connectivity index (χ3n) is 3.30. The van der Waals surface area contributed by atoms with Gasteiger partial charge in [-0.1, -0.05) is 6.07 Å². The maximum atomic E-state index is 13.1. The van der Waals surface area contributed by atoms with Gasteiger partial charge in [-0.3, -0.25) is 19.0 Å². The van der Waals surface area contributed by atoms with Gasteiger partial charge in [0.2, 0.25) is 0 Å². The second-order valence-corrected chi connectivity index (χ2v) is 4.64. The first-order valence-corrected chi connectivity index (χ1v) is 6.18. The second-order valence-electron chi connectivity index (χ2n) is 4.64. The molecule has 0 spiro atoms. The van der Waals surface area contributed by atoms with Gasteiger partial charge in [0.05, 0.1) is 24.7 Å². The number of aryl methyl sites for hydroxylation is 1. The minimum absolute atomic E-state index is 0.0201. The maximum Gasteiger partial charge on any atom is 0.264 e. The van der Waals surface area contributed by atoms with E-state index in [4.69, 9.17) is 14.0 Å². The number of nitrogens with zero attached hydrogens (tertiary/aromatic N) is 2. The molecule has 1 heterocycles. The van der Waals surface area contributed by atoms with Crippen molar-refractivity contribution in [3.63, 3.8) is 0 Å². The molecule has 1 atom stereocenters. The molecule has 108 valence electrons. The maximum absolute atomic E-state index is 13.1. The molecule has 6 heteroatoms. The van der Waals surface area contributed by atoms with Crippen molar-refractivity contribution in [3.8, 4) is 0 Å². The molecule has 0 bridgehead atoms. The summed E-state index contributed by atoms with van der Waals surface area (Å²) in [5.74, 6) is -2.93. The average molecular weight is 291 g/mol. The highest BCUT2D eigenvalue weighted by Crippen LogP contribution is 2.24. The number of carbonyl (C=O) groups excluding carboxylic acids is 2. The zero-order valence-corrected chi connectivity index (χ0v) is 10.8. The second kappa shape index (κ2) is 4.80. The Morgan fingerprint density at radius 3 is 3.05 bits per heavy atom. The van der Waals surface area contributed by atoms with Gasteiger partial charge >= 0.3 is 0 Å². The summed E-state index contributed by atoms with van der Waals surface area (Å²) in [5.41, 5.74) is 4.71. The Bertz CT molecular complexity index is 1050. The molecule has 6 nitrogen and oxygen atoms in total. The number of nitrogen functional groups attached to an aromatic ring is 1. The molecule has 0 radical (unpaired) electrons. The van der Waals surface area contributed by atoms with Gasteiger partial charge in [0.25, 0.3) is 5.56 Å². The predicted molar refractivity (Wildman–Crippen MR) is 78.1 cm³/mol. The molecular formula is C15H15N3O3. The van der Waals surface area contributed by atoms with Gasteiger partial charge in [-0.25, -0.2) is 4.98 Å². The van der Waals surface area contributed by atoms with E-state index in [1.165, 1.54) is 18.2 Å². The lowest BCUT2D eigenvalue weighted by atomic mass is 9.92. The van der Waals surface area contributed by atoms with E-state index in [1.807, 2.05) is 0 Å². The van der Waals surface area contributed by atoms with E-state index in [2.05, 4.69) is 4.98 Å². The Balaban J connectivity index is 2.44. The molecule has 1 aromatic heterocycles. The third kappa shape index (κ3) is 2.12. The molecule has 0 saturated heterocycles. The summed E-state index contributed by atoms with van der Waals surface area (Å²) in [7, 11) is 0. The first-order chi connectivity index (χ1) is 12.3. The molecular weight excluding hydrogens is 270 g/mol. The van der Waals surface area contributed by atoms with Crippen molar-refractivity contribution in [2.45, 2.75) is 32.1 Å².